The predicted molar refractivity (Wildman–Crippen MR) is 111 cm³/mol. The van der Waals surface area contributed by atoms with Crippen molar-refractivity contribution in [2.45, 2.75) is 26.2 Å². The van der Waals surface area contributed by atoms with Crippen molar-refractivity contribution in [3.8, 4) is 0 Å². The molecule has 1 N–H and O–H groups in total. The number of hydrogen-bond donors (Lipinski definition) is 1. The average molecular weight is 404 g/mol. The number of nitrogens with one attached hydrogen (secondary N) is 1. The predicted octanol–water partition coefficient (Wildman–Crippen LogP) is 3.20. The molecule has 4 heterocycles. The first-order chi connectivity index (χ1) is 14.6. The Kier molecular flexibility index (Phi) is 4.53. The lowest BCUT2D eigenvalue weighted by Gasteiger charge is -2.33. The summed E-state index contributed by atoms with van der Waals surface area (Å²) in [5, 5.41) is 3.89. The molecule has 30 heavy (non-hydrogen) atoms. The number of nitrogens with zero attached hydrogens (tertiary/aromatic N) is 3. The van der Waals surface area contributed by atoms with Crippen LogP contribution < -0.4 is 5.32 Å². The summed E-state index contributed by atoms with van der Waals surface area (Å²) in [5.74, 6) is 0.611. The SMILES string of the molecule is Cc1cccnc1C(=O)N1CCC2(CC1)CC2CNC(=O)c1cc2ccncc2o1. The Labute approximate surface area is 174 Å². The Morgan fingerprint density at radius 1 is 1.27 bits per heavy atom. The zero-order chi connectivity index (χ0) is 20.7. The zero-order valence-electron chi connectivity index (χ0n) is 16.9. The minimum atomic E-state index is -0.188. The molecule has 1 atom stereocenters. The van der Waals surface area contributed by atoms with Crippen LogP contribution in [0.3, 0.4) is 0 Å². The third-order valence-corrected chi connectivity index (χ3v) is 6.67. The van der Waals surface area contributed by atoms with E-state index in [2.05, 4.69) is 15.3 Å². The van der Waals surface area contributed by atoms with Crippen LogP contribution in [0.4, 0.5) is 0 Å². The first kappa shape index (κ1) is 18.8. The summed E-state index contributed by atoms with van der Waals surface area (Å²) in [6.45, 7) is 4.05. The number of fused-ring (bicyclic) bond motifs is 1. The number of rotatable bonds is 4. The molecule has 154 valence electrons. The molecule has 1 unspecified atom stereocenters. The van der Waals surface area contributed by atoms with Gasteiger partial charge in [-0.3, -0.25) is 19.6 Å². The Morgan fingerprint density at radius 3 is 2.87 bits per heavy atom. The van der Waals surface area contributed by atoms with E-state index >= 15 is 0 Å². The zero-order valence-corrected chi connectivity index (χ0v) is 16.9. The fraction of sp³-hybridized carbons (Fsp3) is 0.391. The fourth-order valence-electron chi connectivity index (χ4n) is 4.65. The van der Waals surface area contributed by atoms with Crippen molar-refractivity contribution < 1.29 is 14.0 Å². The molecule has 1 spiro atoms. The topological polar surface area (TPSA) is 88.3 Å². The van der Waals surface area contributed by atoms with Gasteiger partial charge in [0.05, 0.1) is 6.20 Å². The lowest BCUT2D eigenvalue weighted by molar-refractivity contribution is 0.0662. The molecule has 0 bridgehead atoms. The highest BCUT2D eigenvalue weighted by molar-refractivity contribution is 5.96. The van der Waals surface area contributed by atoms with Gasteiger partial charge in [0.2, 0.25) is 0 Å². The van der Waals surface area contributed by atoms with Gasteiger partial charge >= 0.3 is 0 Å². The molecule has 1 saturated heterocycles. The molecule has 7 heteroatoms. The van der Waals surface area contributed by atoms with Crippen LogP contribution >= 0.6 is 0 Å². The first-order valence-electron chi connectivity index (χ1n) is 10.4. The summed E-state index contributed by atoms with van der Waals surface area (Å²) in [4.78, 5) is 35.4. The van der Waals surface area contributed by atoms with Crippen LogP contribution in [-0.4, -0.2) is 46.3 Å². The van der Waals surface area contributed by atoms with E-state index in [0.717, 1.165) is 43.3 Å². The van der Waals surface area contributed by atoms with Crippen molar-refractivity contribution >= 4 is 22.8 Å². The maximum absolute atomic E-state index is 12.8. The Morgan fingerprint density at radius 2 is 2.10 bits per heavy atom. The molecule has 3 aromatic rings. The number of furan rings is 1. The number of aryl methyl sites for hydroxylation is 1. The number of likely N-dealkylation sites (tertiary alicyclic amines) is 1. The van der Waals surface area contributed by atoms with Crippen molar-refractivity contribution in [3.05, 3.63) is 59.9 Å². The van der Waals surface area contributed by atoms with Crippen molar-refractivity contribution in [1.29, 1.82) is 0 Å². The molecule has 0 aromatic carbocycles. The van der Waals surface area contributed by atoms with E-state index in [1.54, 1.807) is 24.7 Å². The summed E-state index contributed by atoms with van der Waals surface area (Å²) >= 11 is 0. The summed E-state index contributed by atoms with van der Waals surface area (Å²) in [7, 11) is 0. The summed E-state index contributed by atoms with van der Waals surface area (Å²) in [6, 6.07) is 7.35. The van der Waals surface area contributed by atoms with E-state index in [1.165, 1.54) is 0 Å². The maximum Gasteiger partial charge on any atom is 0.287 e. The van der Waals surface area contributed by atoms with Crippen LogP contribution in [0, 0.1) is 18.3 Å². The number of amides is 2. The molecule has 2 fully saturated rings. The summed E-state index contributed by atoms with van der Waals surface area (Å²) in [5.41, 5.74) is 2.33. The molecule has 3 aromatic heterocycles. The molecule has 1 saturated carbocycles. The maximum atomic E-state index is 12.8. The standard InChI is InChI=1S/C23H24N4O3/c1-15-3-2-7-25-20(15)22(29)27-9-5-23(6-10-27)12-17(23)13-26-21(28)18-11-16-4-8-24-14-19(16)30-18/h2-4,7-8,11,14,17H,5-6,9-10,12-13H2,1H3,(H,26,28). The Hall–Kier alpha value is -3.22. The number of pyridine rings is 2. The molecule has 0 radical (unpaired) electrons. The molecule has 1 aliphatic heterocycles. The lowest BCUT2D eigenvalue weighted by atomic mass is 9.90. The second-order valence-corrected chi connectivity index (χ2v) is 8.46. The minimum absolute atomic E-state index is 0.0211. The van der Waals surface area contributed by atoms with Gasteiger partial charge in [-0.1, -0.05) is 6.07 Å². The van der Waals surface area contributed by atoms with Crippen molar-refractivity contribution in [2.24, 2.45) is 11.3 Å². The van der Waals surface area contributed by atoms with Gasteiger partial charge in [-0.2, -0.15) is 0 Å². The molecule has 2 amide bonds. The van der Waals surface area contributed by atoms with E-state index in [-0.39, 0.29) is 17.2 Å². The molecule has 1 aliphatic carbocycles. The number of carbonyl (C=O) groups is 2. The third kappa shape index (κ3) is 3.34. The van der Waals surface area contributed by atoms with Crippen LogP contribution in [0.15, 0.2) is 47.3 Å². The molecule has 7 nitrogen and oxygen atoms in total. The van der Waals surface area contributed by atoms with Gasteiger partial charge in [0.1, 0.15) is 5.69 Å². The van der Waals surface area contributed by atoms with E-state index in [4.69, 9.17) is 4.42 Å². The highest BCUT2D eigenvalue weighted by Crippen LogP contribution is 2.59. The lowest BCUT2D eigenvalue weighted by Crippen LogP contribution is -2.40. The normalized spacial score (nSPS) is 19.8. The van der Waals surface area contributed by atoms with E-state index in [0.29, 0.717) is 29.5 Å². The van der Waals surface area contributed by atoms with Gasteiger partial charge in [0.25, 0.3) is 11.8 Å². The van der Waals surface area contributed by atoms with Gasteiger partial charge in [-0.25, -0.2) is 0 Å². The molecule has 2 aliphatic rings. The van der Waals surface area contributed by atoms with E-state index < -0.39 is 0 Å². The third-order valence-electron chi connectivity index (χ3n) is 6.67. The molecule has 5 rings (SSSR count). The molecular weight excluding hydrogens is 380 g/mol. The summed E-state index contributed by atoms with van der Waals surface area (Å²) < 4.78 is 5.59. The Balaban J connectivity index is 1.14. The number of carbonyl (C=O) groups excluding carboxylic acids is 2. The van der Waals surface area contributed by atoms with Crippen LogP contribution in [0.2, 0.25) is 0 Å². The van der Waals surface area contributed by atoms with Gasteiger partial charge in [-0.15, -0.1) is 0 Å². The fourth-order valence-corrected chi connectivity index (χ4v) is 4.65. The van der Waals surface area contributed by atoms with Crippen molar-refractivity contribution in [3.63, 3.8) is 0 Å². The number of aromatic nitrogens is 2. The van der Waals surface area contributed by atoms with E-state index in [9.17, 15) is 9.59 Å². The second-order valence-electron chi connectivity index (χ2n) is 8.46. The summed E-state index contributed by atoms with van der Waals surface area (Å²) in [6.07, 6.45) is 8.01. The minimum Gasteiger partial charge on any atom is -0.449 e. The monoisotopic (exact) mass is 404 g/mol. The number of hydrogen-bond acceptors (Lipinski definition) is 5. The van der Waals surface area contributed by atoms with Crippen molar-refractivity contribution in [2.75, 3.05) is 19.6 Å². The molecular formula is C23H24N4O3. The highest BCUT2D eigenvalue weighted by Gasteiger charge is 2.54. The van der Waals surface area contributed by atoms with Crippen LogP contribution in [0.5, 0.6) is 0 Å². The van der Waals surface area contributed by atoms with Crippen LogP contribution in [0.1, 0.15) is 45.9 Å². The van der Waals surface area contributed by atoms with E-state index in [1.807, 2.05) is 30.0 Å². The first-order valence-corrected chi connectivity index (χ1v) is 10.4. The Bertz CT molecular complexity index is 1080. The average Bonchev–Trinajstić information content (AvgIpc) is 3.24. The van der Waals surface area contributed by atoms with Gasteiger partial charge in [0, 0.05) is 37.4 Å². The largest absolute Gasteiger partial charge is 0.449 e. The van der Waals surface area contributed by atoms with Gasteiger partial charge in [-0.05, 0) is 61.3 Å². The number of piperidine rings is 1. The van der Waals surface area contributed by atoms with Crippen LogP contribution in [-0.2, 0) is 0 Å². The van der Waals surface area contributed by atoms with Crippen molar-refractivity contribution in [1.82, 2.24) is 20.2 Å². The highest BCUT2D eigenvalue weighted by atomic mass is 16.3. The van der Waals surface area contributed by atoms with Crippen LogP contribution in [0.25, 0.3) is 11.0 Å². The quantitative estimate of drug-likeness (QED) is 0.721. The smallest absolute Gasteiger partial charge is 0.287 e. The van der Waals surface area contributed by atoms with Gasteiger partial charge < -0.3 is 14.6 Å². The van der Waals surface area contributed by atoms with Gasteiger partial charge in [0.15, 0.2) is 11.3 Å². The second kappa shape index (κ2) is 7.23.